The predicted molar refractivity (Wildman–Crippen MR) is 78.6 cm³/mol. The number of hydrogen-bond donors (Lipinski definition) is 2. The van der Waals surface area contributed by atoms with Crippen molar-refractivity contribution in [2.45, 2.75) is 27.7 Å². The van der Waals surface area contributed by atoms with E-state index in [9.17, 15) is 9.59 Å². The fourth-order valence-corrected chi connectivity index (χ4v) is 1.51. The van der Waals surface area contributed by atoms with E-state index in [-0.39, 0.29) is 17.7 Å². The molecule has 0 spiro atoms. The van der Waals surface area contributed by atoms with Crippen molar-refractivity contribution in [2.24, 2.45) is 5.41 Å². The number of anilines is 2. The molecule has 2 amide bonds. The van der Waals surface area contributed by atoms with Crippen molar-refractivity contribution in [2.75, 3.05) is 16.5 Å². The van der Waals surface area contributed by atoms with Crippen LogP contribution in [-0.2, 0) is 9.59 Å². The number of carbonyl (C=O) groups excluding carboxylic acids is 2. The van der Waals surface area contributed by atoms with Crippen molar-refractivity contribution >= 4 is 34.8 Å². The SMILES string of the molecule is CC(=O)Nc1ccc(C)c(NC(=O)C(C)(C)CCl)c1. The summed E-state index contributed by atoms with van der Waals surface area (Å²) in [4.78, 5) is 23.1. The molecule has 1 aromatic rings. The van der Waals surface area contributed by atoms with Crippen LogP contribution in [0.25, 0.3) is 0 Å². The molecule has 0 bridgehead atoms. The lowest BCUT2D eigenvalue weighted by atomic mass is 9.95. The molecule has 4 nitrogen and oxygen atoms in total. The van der Waals surface area contributed by atoms with Crippen LogP contribution in [0, 0.1) is 12.3 Å². The van der Waals surface area contributed by atoms with E-state index in [4.69, 9.17) is 11.6 Å². The molecule has 0 atom stereocenters. The fraction of sp³-hybridized carbons (Fsp3) is 0.429. The first kappa shape index (κ1) is 15.5. The van der Waals surface area contributed by atoms with Crippen LogP contribution in [0.3, 0.4) is 0 Å². The molecule has 0 aliphatic rings. The summed E-state index contributed by atoms with van der Waals surface area (Å²) in [6, 6.07) is 5.37. The second kappa shape index (κ2) is 6.06. The van der Waals surface area contributed by atoms with Crippen LogP contribution in [0.1, 0.15) is 26.3 Å². The smallest absolute Gasteiger partial charge is 0.231 e. The fourth-order valence-electron chi connectivity index (χ4n) is 1.39. The molecule has 0 saturated heterocycles. The topological polar surface area (TPSA) is 58.2 Å². The number of halogens is 1. The molecule has 1 rings (SSSR count). The largest absolute Gasteiger partial charge is 0.326 e. The molecule has 0 aliphatic heterocycles. The van der Waals surface area contributed by atoms with Gasteiger partial charge in [0, 0.05) is 24.2 Å². The Morgan fingerprint density at radius 1 is 1.26 bits per heavy atom. The molecule has 0 unspecified atom stereocenters. The number of benzene rings is 1. The summed E-state index contributed by atoms with van der Waals surface area (Å²) in [5, 5.41) is 5.52. The summed E-state index contributed by atoms with van der Waals surface area (Å²) < 4.78 is 0. The molecule has 19 heavy (non-hydrogen) atoms. The Bertz CT molecular complexity index is 498. The second-order valence-corrected chi connectivity index (χ2v) is 5.45. The molecular weight excluding hydrogens is 264 g/mol. The first-order valence-electron chi connectivity index (χ1n) is 6.02. The zero-order chi connectivity index (χ0) is 14.6. The van der Waals surface area contributed by atoms with E-state index < -0.39 is 5.41 Å². The summed E-state index contributed by atoms with van der Waals surface area (Å²) in [6.45, 7) is 6.89. The van der Waals surface area contributed by atoms with Crippen LogP contribution in [-0.4, -0.2) is 17.7 Å². The first-order valence-corrected chi connectivity index (χ1v) is 6.55. The Morgan fingerprint density at radius 3 is 2.42 bits per heavy atom. The Labute approximate surface area is 118 Å². The van der Waals surface area contributed by atoms with Crippen molar-refractivity contribution in [3.8, 4) is 0 Å². The summed E-state index contributed by atoms with van der Waals surface area (Å²) in [6.07, 6.45) is 0. The van der Waals surface area contributed by atoms with Crippen LogP contribution >= 0.6 is 11.6 Å². The highest BCUT2D eigenvalue weighted by Crippen LogP contribution is 2.24. The third kappa shape index (κ3) is 4.24. The number of alkyl halides is 1. The van der Waals surface area contributed by atoms with Gasteiger partial charge in [-0.3, -0.25) is 9.59 Å². The number of rotatable bonds is 4. The Balaban J connectivity index is 2.94. The summed E-state index contributed by atoms with van der Waals surface area (Å²) in [5.74, 6) is -0.0590. The van der Waals surface area contributed by atoms with E-state index in [1.165, 1.54) is 6.92 Å². The van der Waals surface area contributed by atoms with Gasteiger partial charge >= 0.3 is 0 Å². The van der Waals surface area contributed by atoms with Gasteiger partial charge in [0.25, 0.3) is 0 Å². The van der Waals surface area contributed by atoms with Crippen molar-refractivity contribution < 1.29 is 9.59 Å². The van der Waals surface area contributed by atoms with E-state index >= 15 is 0 Å². The Kier molecular flexibility index (Phi) is 4.95. The average molecular weight is 283 g/mol. The lowest BCUT2D eigenvalue weighted by Gasteiger charge is -2.21. The van der Waals surface area contributed by atoms with Crippen LogP contribution in [0.2, 0.25) is 0 Å². The third-order valence-electron chi connectivity index (χ3n) is 2.75. The van der Waals surface area contributed by atoms with Gasteiger partial charge in [0.05, 0.1) is 5.41 Å². The van der Waals surface area contributed by atoms with E-state index in [1.807, 2.05) is 13.0 Å². The molecule has 0 aromatic heterocycles. The maximum atomic E-state index is 12.1. The van der Waals surface area contributed by atoms with Gasteiger partial charge in [-0.25, -0.2) is 0 Å². The lowest BCUT2D eigenvalue weighted by Crippen LogP contribution is -2.32. The molecule has 104 valence electrons. The maximum Gasteiger partial charge on any atom is 0.231 e. The van der Waals surface area contributed by atoms with Crippen LogP contribution < -0.4 is 10.6 Å². The summed E-state index contributed by atoms with van der Waals surface area (Å²) in [7, 11) is 0. The zero-order valence-electron chi connectivity index (χ0n) is 11.6. The van der Waals surface area contributed by atoms with Gasteiger partial charge in [-0.2, -0.15) is 0 Å². The minimum absolute atomic E-state index is 0.148. The monoisotopic (exact) mass is 282 g/mol. The highest BCUT2D eigenvalue weighted by molar-refractivity contribution is 6.20. The van der Waals surface area contributed by atoms with Gasteiger partial charge in [-0.05, 0) is 38.5 Å². The minimum atomic E-state index is -0.641. The molecule has 2 N–H and O–H groups in total. The molecule has 0 saturated carbocycles. The number of nitrogens with one attached hydrogen (secondary N) is 2. The normalized spacial score (nSPS) is 11.0. The van der Waals surface area contributed by atoms with E-state index in [1.54, 1.807) is 26.0 Å². The van der Waals surface area contributed by atoms with E-state index in [2.05, 4.69) is 10.6 Å². The highest BCUT2D eigenvalue weighted by Gasteiger charge is 2.26. The molecule has 5 heteroatoms. The molecule has 0 heterocycles. The molecule has 0 fully saturated rings. The summed E-state index contributed by atoms with van der Waals surface area (Å²) >= 11 is 5.78. The van der Waals surface area contributed by atoms with Gasteiger partial charge in [-0.1, -0.05) is 6.07 Å². The number of amides is 2. The number of hydrogen-bond acceptors (Lipinski definition) is 2. The van der Waals surface area contributed by atoms with E-state index in [0.29, 0.717) is 11.4 Å². The van der Waals surface area contributed by atoms with Gasteiger partial charge in [0.1, 0.15) is 0 Å². The Morgan fingerprint density at radius 2 is 1.89 bits per heavy atom. The number of aryl methyl sites for hydroxylation is 1. The molecular formula is C14H19ClN2O2. The van der Waals surface area contributed by atoms with Crippen molar-refractivity contribution in [3.05, 3.63) is 23.8 Å². The van der Waals surface area contributed by atoms with Crippen LogP contribution in [0.15, 0.2) is 18.2 Å². The first-order chi connectivity index (χ1) is 8.76. The van der Waals surface area contributed by atoms with Gasteiger partial charge in [-0.15, -0.1) is 11.6 Å². The standard InChI is InChI=1S/C14H19ClN2O2/c1-9-5-6-11(16-10(2)18)7-12(9)17-13(19)14(3,4)8-15/h5-7H,8H2,1-4H3,(H,16,18)(H,17,19). The number of carbonyl (C=O) groups is 2. The molecule has 0 radical (unpaired) electrons. The lowest BCUT2D eigenvalue weighted by molar-refractivity contribution is -0.123. The Hall–Kier alpha value is -1.55. The predicted octanol–water partition coefficient (Wildman–Crippen LogP) is 3.16. The van der Waals surface area contributed by atoms with Gasteiger partial charge in [0.2, 0.25) is 11.8 Å². The maximum absolute atomic E-state index is 12.1. The molecule has 1 aromatic carbocycles. The zero-order valence-corrected chi connectivity index (χ0v) is 12.4. The van der Waals surface area contributed by atoms with Gasteiger partial charge in [0.15, 0.2) is 0 Å². The molecule has 0 aliphatic carbocycles. The van der Waals surface area contributed by atoms with Crippen molar-refractivity contribution in [1.82, 2.24) is 0 Å². The van der Waals surface area contributed by atoms with Gasteiger partial charge < -0.3 is 10.6 Å². The minimum Gasteiger partial charge on any atom is -0.326 e. The van der Waals surface area contributed by atoms with Crippen molar-refractivity contribution in [3.63, 3.8) is 0 Å². The van der Waals surface area contributed by atoms with Crippen LogP contribution in [0.5, 0.6) is 0 Å². The summed E-state index contributed by atoms with van der Waals surface area (Å²) in [5.41, 5.74) is 1.61. The quantitative estimate of drug-likeness (QED) is 0.834. The third-order valence-corrected chi connectivity index (χ3v) is 3.42. The second-order valence-electron chi connectivity index (χ2n) is 5.18. The van der Waals surface area contributed by atoms with Crippen molar-refractivity contribution in [1.29, 1.82) is 0 Å². The average Bonchev–Trinajstić information content (AvgIpc) is 2.32. The highest BCUT2D eigenvalue weighted by atomic mass is 35.5. The van der Waals surface area contributed by atoms with E-state index in [0.717, 1.165) is 5.56 Å². The van der Waals surface area contributed by atoms with Crippen LogP contribution in [0.4, 0.5) is 11.4 Å².